The molecule has 0 spiro atoms. The van der Waals surface area contributed by atoms with Crippen LogP contribution in [-0.2, 0) is 4.79 Å². The number of aromatic amines is 1. The van der Waals surface area contributed by atoms with Crippen molar-refractivity contribution in [3.8, 4) is 16.9 Å². The van der Waals surface area contributed by atoms with E-state index < -0.39 is 0 Å². The molecule has 1 saturated heterocycles. The van der Waals surface area contributed by atoms with Crippen molar-refractivity contribution in [3.63, 3.8) is 0 Å². The minimum Gasteiger partial charge on any atom is -0.490 e. The Morgan fingerprint density at radius 1 is 1.19 bits per heavy atom. The lowest BCUT2D eigenvalue weighted by Crippen LogP contribution is -2.41. The highest BCUT2D eigenvalue weighted by molar-refractivity contribution is 5.81. The number of nitrogens with zero attached hydrogens (tertiary/aromatic N) is 2. The van der Waals surface area contributed by atoms with E-state index >= 15 is 0 Å². The van der Waals surface area contributed by atoms with Crippen LogP contribution in [0.1, 0.15) is 26.2 Å². The quantitative estimate of drug-likeness (QED) is 0.774. The van der Waals surface area contributed by atoms with Gasteiger partial charge >= 0.3 is 0 Å². The third-order valence-electron chi connectivity index (χ3n) is 4.99. The van der Waals surface area contributed by atoms with Crippen LogP contribution in [0, 0.1) is 0 Å². The number of piperidine rings is 1. The lowest BCUT2D eigenvalue weighted by Gasteiger charge is -2.32. The van der Waals surface area contributed by atoms with Crippen molar-refractivity contribution in [2.45, 2.75) is 32.3 Å². The number of rotatable bonds is 4. The molecule has 3 aromatic rings. The molecular formula is C21H23N3O2. The number of carbonyl (C=O) groups excluding carboxylic acids is 1. The molecular weight excluding hydrogens is 326 g/mol. The Morgan fingerprint density at radius 3 is 2.69 bits per heavy atom. The predicted octanol–water partition coefficient (Wildman–Crippen LogP) is 4.01. The summed E-state index contributed by atoms with van der Waals surface area (Å²) in [7, 11) is 0. The Kier molecular flexibility index (Phi) is 4.61. The van der Waals surface area contributed by atoms with Crippen molar-refractivity contribution in [2.75, 3.05) is 13.1 Å². The Bertz CT molecular complexity index is 893. The second-order valence-electron chi connectivity index (χ2n) is 6.72. The van der Waals surface area contributed by atoms with Gasteiger partial charge in [-0.05, 0) is 29.8 Å². The number of aromatic nitrogens is 2. The van der Waals surface area contributed by atoms with Gasteiger partial charge in [-0.3, -0.25) is 4.79 Å². The van der Waals surface area contributed by atoms with Gasteiger partial charge in [-0.2, -0.15) is 0 Å². The first-order valence-corrected chi connectivity index (χ1v) is 9.21. The number of hydrogen-bond acceptors (Lipinski definition) is 3. The van der Waals surface area contributed by atoms with Crippen LogP contribution >= 0.6 is 0 Å². The van der Waals surface area contributed by atoms with Crippen molar-refractivity contribution >= 4 is 16.9 Å². The highest BCUT2D eigenvalue weighted by Gasteiger charge is 2.22. The minimum absolute atomic E-state index is 0.180. The highest BCUT2D eigenvalue weighted by atomic mass is 16.5. The third kappa shape index (κ3) is 3.43. The Balaban J connectivity index is 1.39. The summed E-state index contributed by atoms with van der Waals surface area (Å²) < 4.78 is 6.11. The summed E-state index contributed by atoms with van der Waals surface area (Å²) in [6.45, 7) is 3.49. The van der Waals surface area contributed by atoms with E-state index in [9.17, 15) is 4.79 Å². The number of likely N-dealkylation sites (tertiary alicyclic amines) is 1. The molecule has 1 aliphatic heterocycles. The number of ether oxygens (including phenoxy) is 1. The molecule has 0 aliphatic carbocycles. The molecule has 4 rings (SSSR count). The first-order valence-electron chi connectivity index (χ1n) is 9.21. The van der Waals surface area contributed by atoms with Gasteiger partial charge in [0.15, 0.2) is 0 Å². The third-order valence-corrected chi connectivity index (χ3v) is 4.99. The van der Waals surface area contributed by atoms with E-state index in [2.05, 4.69) is 28.2 Å². The number of nitrogens with one attached hydrogen (secondary N) is 1. The van der Waals surface area contributed by atoms with E-state index in [0.29, 0.717) is 6.42 Å². The van der Waals surface area contributed by atoms with E-state index in [1.807, 2.05) is 42.4 Å². The minimum atomic E-state index is 0.180. The van der Waals surface area contributed by atoms with Crippen LogP contribution in [0.15, 0.2) is 48.8 Å². The maximum absolute atomic E-state index is 11.7. The summed E-state index contributed by atoms with van der Waals surface area (Å²) in [5, 5.41) is 1.11. The zero-order valence-corrected chi connectivity index (χ0v) is 14.9. The number of carbonyl (C=O) groups is 1. The zero-order valence-electron chi connectivity index (χ0n) is 14.9. The lowest BCUT2D eigenvalue weighted by molar-refractivity contribution is -0.132. The Labute approximate surface area is 153 Å². The van der Waals surface area contributed by atoms with Crippen molar-refractivity contribution < 1.29 is 9.53 Å². The number of amides is 1. The molecule has 0 unspecified atom stereocenters. The number of H-pyrrole nitrogens is 1. The zero-order chi connectivity index (χ0) is 17.9. The molecule has 0 bridgehead atoms. The fourth-order valence-corrected chi connectivity index (χ4v) is 3.46. The lowest BCUT2D eigenvalue weighted by atomic mass is 10.1. The monoisotopic (exact) mass is 349 g/mol. The van der Waals surface area contributed by atoms with E-state index in [-0.39, 0.29) is 12.0 Å². The average molecular weight is 349 g/mol. The standard InChI is InChI=1S/C21H23N3O2/c1-2-20(25)24-11-8-19(9-12-24)26-18-5-3-15(4-6-18)17-13-16-7-10-22-21(16)23-14-17/h3-7,10,13-14,19H,2,8-9,11-12H2,1H3,(H,22,23). The SMILES string of the molecule is CCC(=O)N1CCC(Oc2ccc(-c3cnc4[nH]ccc4c3)cc2)CC1. The summed E-state index contributed by atoms with van der Waals surface area (Å²) in [4.78, 5) is 21.2. The van der Waals surface area contributed by atoms with Gasteiger partial charge in [0, 0.05) is 55.7 Å². The maximum atomic E-state index is 11.7. The van der Waals surface area contributed by atoms with Gasteiger partial charge in [0.25, 0.3) is 0 Å². The second-order valence-corrected chi connectivity index (χ2v) is 6.72. The molecule has 26 heavy (non-hydrogen) atoms. The number of benzene rings is 1. The van der Waals surface area contributed by atoms with Crippen molar-refractivity contribution in [2.24, 2.45) is 0 Å². The topological polar surface area (TPSA) is 58.2 Å². The maximum Gasteiger partial charge on any atom is 0.222 e. The van der Waals surface area contributed by atoms with Crippen molar-refractivity contribution in [1.82, 2.24) is 14.9 Å². The van der Waals surface area contributed by atoms with Crippen LogP contribution < -0.4 is 4.74 Å². The van der Waals surface area contributed by atoms with Crippen molar-refractivity contribution in [3.05, 3.63) is 48.8 Å². The highest BCUT2D eigenvalue weighted by Crippen LogP contribution is 2.26. The first-order chi connectivity index (χ1) is 12.7. The molecule has 1 N–H and O–H groups in total. The summed E-state index contributed by atoms with van der Waals surface area (Å²) >= 11 is 0. The average Bonchev–Trinajstić information content (AvgIpc) is 3.16. The second kappa shape index (κ2) is 7.20. The molecule has 0 radical (unpaired) electrons. The van der Waals surface area contributed by atoms with E-state index in [1.165, 1.54) is 0 Å². The predicted molar refractivity (Wildman–Crippen MR) is 102 cm³/mol. The van der Waals surface area contributed by atoms with Gasteiger partial charge in [-0.1, -0.05) is 19.1 Å². The Morgan fingerprint density at radius 2 is 1.96 bits per heavy atom. The number of pyridine rings is 1. The van der Waals surface area contributed by atoms with Crippen LogP contribution in [0.3, 0.4) is 0 Å². The van der Waals surface area contributed by atoms with E-state index in [0.717, 1.165) is 53.8 Å². The molecule has 1 amide bonds. The van der Waals surface area contributed by atoms with Gasteiger partial charge < -0.3 is 14.6 Å². The van der Waals surface area contributed by atoms with Crippen LogP contribution in [0.4, 0.5) is 0 Å². The van der Waals surface area contributed by atoms with Gasteiger partial charge in [0.05, 0.1) is 0 Å². The summed E-state index contributed by atoms with van der Waals surface area (Å²) in [6, 6.07) is 12.3. The van der Waals surface area contributed by atoms with Crippen LogP contribution in [0.5, 0.6) is 5.75 Å². The van der Waals surface area contributed by atoms with Gasteiger partial charge in [0.1, 0.15) is 17.5 Å². The molecule has 1 aliphatic rings. The van der Waals surface area contributed by atoms with Crippen LogP contribution in [-0.4, -0.2) is 40.0 Å². The summed E-state index contributed by atoms with van der Waals surface area (Å²) in [6.07, 6.45) is 6.33. The fourth-order valence-electron chi connectivity index (χ4n) is 3.46. The van der Waals surface area contributed by atoms with E-state index in [4.69, 9.17) is 4.74 Å². The molecule has 5 heteroatoms. The van der Waals surface area contributed by atoms with E-state index in [1.54, 1.807) is 0 Å². The largest absolute Gasteiger partial charge is 0.490 e. The molecule has 1 fully saturated rings. The van der Waals surface area contributed by atoms with Crippen LogP contribution in [0.25, 0.3) is 22.2 Å². The normalized spacial score (nSPS) is 15.3. The smallest absolute Gasteiger partial charge is 0.222 e. The first kappa shape index (κ1) is 16.6. The summed E-state index contributed by atoms with van der Waals surface area (Å²) in [5.41, 5.74) is 3.12. The number of fused-ring (bicyclic) bond motifs is 1. The summed E-state index contributed by atoms with van der Waals surface area (Å²) in [5.74, 6) is 1.12. The Hall–Kier alpha value is -2.82. The van der Waals surface area contributed by atoms with Gasteiger partial charge in [-0.25, -0.2) is 4.98 Å². The van der Waals surface area contributed by atoms with Gasteiger partial charge in [-0.15, -0.1) is 0 Å². The van der Waals surface area contributed by atoms with Crippen LogP contribution in [0.2, 0.25) is 0 Å². The molecule has 0 saturated carbocycles. The fraction of sp³-hybridized carbons (Fsp3) is 0.333. The molecule has 2 aromatic heterocycles. The molecule has 1 aromatic carbocycles. The molecule has 0 atom stereocenters. The number of hydrogen-bond donors (Lipinski definition) is 1. The van der Waals surface area contributed by atoms with Gasteiger partial charge in [0.2, 0.25) is 5.91 Å². The van der Waals surface area contributed by atoms with Crippen molar-refractivity contribution in [1.29, 1.82) is 0 Å². The molecule has 5 nitrogen and oxygen atoms in total. The molecule has 134 valence electrons. The molecule has 3 heterocycles.